The molecule has 0 atom stereocenters. The first kappa shape index (κ1) is 15.0. The third kappa shape index (κ3) is 3.57. The van der Waals surface area contributed by atoms with Crippen LogP contribution in [0.5, 0.6) is 0 Å². The van der Waals surface area contributed by atoms with E-state index in [4.69, 9.17) is 11.6 Å². The molecule has 0 saturated heterocycles. The van der Waals surface area contributed by atoms with Crippen LogP contribution in [0.25, 0.3) is 0 Å². The quantitative estimate of drug-likeness (QED) is 0.610. The van der Waals surface area contributed by atoms with Crippen LogP contribution in [0.2, 0.25) is 5.15 Å². The smallest absolute Gasteiger partial charge is 0.339 e. The Kier molecular flexibility index (Phi) is 4.14. The third-order valence-corrected chi connectivity index (χ3v) is 3.02. The Hall–Kier alpha value is -1.41. The van der Waals surface area contributed by atoms with Gasteiger partial charge >= 0.3 is 6.18 Å². The van der Waals surface area contributed by atoms with Gasteiger partial charge < -0.3 is 5.32 Å². The normalized spacial score (nSPS) is 11.5. The molecule has 0 aliphatic rings. The van der Waals surface area contributed by atoms with Gasteiger partial charge in [0.25, 0.3) is 0 Å². The van der Waals surface area contributed by atoms with Gasteiger partial charge in [0, 0.05) is 10.5 Å². The molecule has 1 N–H and O–H groups in total. The van der Waals surface area contributed by atoms with E-state index >= 15 is 0 Å². The van der Waals surface area contributed by atoms with Crippen LogP contribution < -0.4 is 5.32 Å². The zero-order valence-electron chi connectivity index (χ0n) is 9.47. The summed E-state index contributed by atoms with van der Waals surface area (Å²) in [5, 5.41) is 2.17. The van der Waals surface area contributed by atoms with Crippen molar-refractivity contribution < 1.29 is 17.6 Å². The molecule has 106 valence electrons. The van der Waals surface area contributed by atoms with Gasteiger partial charge in [0.05, 0.1) is 5.69 Å². The average Bonchev–Trinajstić information content (AvgIpc) is 2.32. The maximum atomic E-state index is 13.1. The number of anilines is 2. The minimum absolute atomic E-state index is 0.191. The molecule has 1 aromatic heterocycles. The molecule has 1 heterocycles. The predicted molar refractivity (Wildman–Crippen MR) is 69.4 cm³/mol. The molecule has 0 unspecified atom stereocenters. The van der Waals surface area contributed by atoms with Crippen molar-refractivity contribution in [2.75, 3.05) is 5.32 Å². The van der Waals surface area contributed by atoms with E-state index in [0.29, 0.717) is 4.47 Å². The van der Waals surface area contributed by atoms with E-state index in [-0.39, 0.29) is 16.7 Å². The van der Waals surface area contributed by atoms with Crippen LogP contribution >= 0.6 is 27.5 Å². The Morgan fingerprint density at radius 3 is 2.50 bits per heavy atom. The number of rotatable bonds is 2. The Bertz CT molecular complexity index is 648. The van der Waals surface area contributed by atoms with E-state index in [1.54, 1.807) is 0 Å². The van der Waals surface area contributed by atoms with Gasteiger partial charge in [-0.1, -0.05) is 11.6 Å². The first-order valence-corrected chi connectivity index (χ1v) is 6.26. The average molecular weight is 371 g/mol. The fourth-order valence-corrected chi connectivity index (χ4v) is 1.87. The monoisotopic (exact) mass is 369 g/mol. The van der Waals surface area contributed by atoms with E-state index in [1.165, 1.54) is 12.1 Å². The number of nitrogens with one attached hydrogen (secondary N) is 1. The van der Waals surface area contributed by atoms with Crippen LogP contribution in [0.15, 0.2) is 28.7 Å². The van der Waals surface area contributed by atoms with E-state index in [1.807, 2.05) is 0 Å². The fraction of sp³-hybridized carbons (Fsp3) is 0.0909. The Morgan fingerprint density at radius 2 is 1.85 bits per heavy atom. The predicted octanol–water partition coefficient (Wildman–Crippen LogP) is 4.79. The zero-order valence-corrected chi connectivity index (χ0v) is 11.8. The molecule has 0 spiro atoms. The minimum atomic E-state index is -4.72. The van der Waals surface area contributed by atoms with E-state index in [2.05, 4.69) is 31.2 Å². The Labute approximate surface area is 124 Å². The second kappa shape index (κ2) is 5.53. The Balaban J connectivity index is 2.39. The molecule has 20 heavy (non-hydrogen) atoms. The van der Waals surface area contributed by atoms with Crippen LogP contribution in [0.1, 0.15) is 5.82 Å². The highest BCUT2D eigenvalue weighted by Gasteiger charge is 2.35. The molecule has 0 saturated carbocycles. The minimum Gasteiger partial charge on any atom is -0.339 e. The maximum Gasteiger partial charge on any atom is 0.451 e. The molecule has 1 aromatic carbocycles. The number of benzene rings is 1. The lowest BCUT2D eigenvalue weighted by atomic mass is 10.3. The van der Waals surface area contributed by atoms with Crippen molar-refractivity contribution in [2.45, 2.75) is 6.18 Å². The number of alkyl halides is 3. The number of aromatic nitrogens is 2. The summed E-state index contributed by atoms with van der Waals surface area (Å²) in [4.78, 5) is 6.39. The van der Waals surface area contributed by atoms with Crippen LogP contribution in [0.3, 0.4) is 0 Å². The summed E-state index contributed by atoms with van der Waals surface area (Å²) in [6.45, 7) is 0. The molecule has 0 radical (unpaired) electrons. The van der Waals surface area contributed by atoms with Crippen LogP contribution in [-0.4, -0.2) is 9.97 Å². The van der Waals surface area contributed by atoms with E-state index in [0.717, 1.165) is 12.1 Å². The first-order chi connectivity index (χ1) is 9.25. The van der Waals surface area contributed by atoms with Crippen molar-refractivity contribution in [1.29, 1.82) is 0 Å². The fourth-order valence-electron chi connectivity index (χ4n) is 1.34. The zero-order chi connectivity index (χ0) is 14.9. The van der Waals surface area contributed by atoms with Gasteiger partial charge in [0.15, 0.2) is 0 Å². The van der Waals surface area contributed by atoms with Crippen LogP contribution in [0, 0.1) is 5.82 Å². The van der Waals surface area contributed by atoms with Gasteiger partial charge in [-0.15, -0.1) is 0 Å². The lowest BCUT2D eigenvalue weighted by Crippen LogP contribution is -2.12. The highest BCUT2D eigenvalue weighted by Crippen LogP contribution is 2.30. The summed E-state index contributed by atoms with van der Waals surface area (Å²) in [5.41, 5.74) is 0.216. The highest BCUT2D eigenvalue weighted by molar-refractivity contribution is 9.10. The van der Waals surface area contributed by atoms with Gasteiger partial charge in [0.1, 0.15) is 16.8 Å². The summed E-state index contributed by atoms with van der Waals surface area (Å²) >= 11 is 8.65. The summed E-state index contributed by atoms with van der Waals surface area (Å²) in [6.07, 6.45) is -4.72. The molecule has 0 bridgehead atoms. The van der Waals surface area contributed by atoms with Crippen molar-refractivity contribution in [3.05, 3.63) is 45.5 Å². The summed E-state index contributed by atoms with van der Waals surface area (Å²) < 4.78 is 51.2. The van der Waals surface area contributed by atoms with Gasteiger partial charge in [-0.2, -0.15) is 13.2 Å². The topological polar surface area (TPSA) is 37.8 Å². The summed E-state index contributed by atoms with van der Waals surface area (Å²) in [6, 6.07) is 4.82. The lowest BCUT2D eigenvalue weighted by Gasteiger charge is -2.11. The molecule has 2 aromatic rings. The van der Waals surface area contributed by atoms with Gasteiger partial charge in [-0.3, -0.25) is 0 Å². The standard InChI is InChI=1S/C11H5BrClF4N3/c12-6-2-1-5(14)3-7(6)18-9-4-8(13)19-10(20-9)11(15,16)17/h1-4H,(H,18,19,20). The largest absolute Gasteiger partial charge is 0.451 e. The summed E-state index contributed by atoms with van der Waals surface area (Å²) in [5.74, 6) is -2.12. The maximum absolute atomic E-state index is 13.1. The second-order valence-electron chi connectivity index (χ2n) is 3.65. The molecule has 0 fully saturated rings. The van der Waals surface area contributed by atoms with Crippen molar-refractivity contribution in [3.8, 4) is 0 Å². The van der Waals surface area contributed by atoms with E-state index < -0.39 is 17.8 Å². The van der Waals surface area contributed by atoms with Crippen LogP contribution in [-0.2, 0) is 6.18 Å². The molecular formula is C11H5BrClF4N3. The Morgan fingerprint density at radius 1 is 1.15 bits per heavy atom. The molecule has 0 aliphatic heterocycles. The number of halogens is 6. The molecule has 2 rings (SSSR count). The molecule has 0 amide bonds. The van der Waals surface area contributed by atoms with Gasteiger partial charge in [-0.05, 0) is 34.1 Å². The SMILES string of the molecule is Fc1ccc(Br)c(Nc2cc(Cl)nc(C(F)(F)F)n2)c1. The first-order valence-electron chi connectivity index (χ1n) is 5.09. The lowest BCUT2D eigenvalue weighted by molar-refractivity contribution is -0.144. The van der Waals surface area contributed by atoms with Crippen LogP contribution in [0.4, 0.5) is 29.1 Å². The molecule has 9 heteroatoms. The molecule has 0 aliphatic carbocycles. The number of nitrogens with zero attached hydrogens (tertiary/aromatic N) is 2. The van der Waals surface area contributed by atoms with Crippen molar-refractivity contribution in [3.63, 3.8) is 0 Å². The van der Waals surface area contributed by atoms with E-state index in [9.17, 15) is 17.6 Å². The number of hydrogen-bond acceptors (Lipinski definition) is 3. The van der Waals surface area contributed by atoms with Gasteiger partial charge in [0.2, 0.25) is 5.82 Å². The van der Waals surface area contributed by atoms with Crippen molar-refractivity contribution in [2.24, 2.45) is 0 Å². The van der Waals surface area contributed by atoms with Crippen molar-refractivity contribution in [1.82, 2.24) is 9.97 Å². The molecular weight excluding hydrogens is 365 g/mol. The molecule has 3 nitrogen and oxygen atoms in total. The summed E-state index contributed by atoms with van der Waals surface area (Å²) in [7, 11) is 0. The second-order valence-corrected chi connectivity index (χ2v) is 4.89. The van der Waals surface area contributed by atoms with Crippen molar-refractivity contribution >= 4 is 39.0 Å². The highest BCUT2D eigenvalue weighted by atomic mass is 79.9. The third-order valence-electron chi connectivity index (χ3n) is 2.14. The van der Waals surface area contributed by atoms with Gasteiger partial charge in [-0.25, -0.2) is 14.4 Å². The number of hydrogen-bond donors (Lipinski definition) is 1.